The maximum absolute atomic E-state index is 12.8. The molecule has 2 rings (SSSR count). The fraction of sp³-hybridized carbons (Fsp3) is 0.190. The molecule has 0 bridgehead atoms. The molecule has 0 radical (unpaired) electrons. The van der Waals surface area contributed by atoms with E-state index in [-0.39, 0.29) is 17.3 Å². The Morgan fingerprint density at radius 1 is 0.875 bits per heavy atom. The van der Waals surface area contributed by atoms with E-state index in [2.05, 4.69) is 6.58 Å². The zero-order valence-corrected chi connectivity index (χ0v) is 13.9. The van der Waals surface area contributed by atoms with E-state index in [1.54, 1.807) is 54.6 Å². The third-order valence-electron chi connectivity index (χ3n) is 4.09. The van der Waals surface area contributed by atoms with Crippen molar-refractivity contribution in [2.75, 3.05) is 0 Å². The number of Topliss-reactive ketones (excluding diaryl/α,β-unsaturated/α-hetero) is 3. The van der Waals surface area contributed by atoms with Crippen LogP contribution in [0.25, 0.3) is 0 Å². The first kappa shape index (κ1) is 17.5. The van der Waals surface area contributed by atoms with Gasteiger partial charge >= 0.3 is 0 Å². The highest BCUT2D eigenvalue weighted by molar-refractivity contribution is 6.11. The van der Waals surface area contributed by atoms with Crippen LogP contribution in [0.5, 0.6) is 0 Å². The summed E-state index contributed by atoms with van der Waals surface area (Å²) in [6, 6.07) is 15.7. The van der Waals surface area contributed by atoms with Crippen LogP contribution in [0.2, 0.25) is 0 Å². The molecule has 3 nitrogen and oxygen atoms in total. The average molecular weight is 320 g/mol. The van der Waals surface area contributed by atoms with Gasteiger partial charge in [-0.2, -0.15) is 0 Å². The minimum Gasteiger partial charge on any atom is -0.299 e. The number of carbonyl (C=O) groups is 3. The van der Waals surface area contributed by atoms with Crippen molar-refractivity contribution in [1.82, 2.24) is 0 Å². The standard InChI is InChI=1S/C21H20O3/c1-4-19(17-12-10-16(11-13-17)14(2)22)20(15(3)23)21(24)18-8-6-5-7-9-18/h4-13,19-20H,1H2,2-3H3/t19-,20+/m1/s1. The third-order valence-corrected chi connectivity index (χ3v) is 4.09. The van der Waals surface area contributed by atoms with Crippen LogP contribution in [0.4, 0.5) is 0 Å². The number of benzene rings is 2. The van der Waals surface area contributed by atoms with Crippen molar-refractivity contribution in [3.8, 4) is 0 Å². The molecule has 0 aliphatic carbocycles. The average Bonchev–Trinajstić information content (AvgIpc) is 2.59. The molecule has 0 spiro atoms. The molecule has 0 saturated carbocycles. The van der Waals surface area contributed by atoms with Crippen LogP contribution in [0.3, 0.4) is 0 Å². The fourth-order valence-electron chi connectivity index (χ4n) is 2.79. The normalized spacial score (nSPS) is 12.9. The molecule has 0 aliphatic rings. The van der Waals surface area contributed by atoms with E-state index >= 15 is 0 Å². The highest BCUT2D eigenvalue weighted by Gasteiger charge is 2.32. The highest BCUT2D eigenvalue weighted by Crippen LogP contribution is 2.30. The lowest BCUT2D eigenvalue weighted by molar-refractivity contribution is -0.119. The second-order valence-electron chi connectivity index (χ2n) is 5.76. The lowest BCUT2D eigenvalue weighted by Gasteiger charge is -2.22. The molecule has 2 aromatic rings. The van der Waals surface area contributed by atoms with Crippen LogP contribution in [-0.2, 0) is 4.79 Å². The lowest BCUT2D eigenvalue weighted by atomic mass is 9.79. The van der Waals surface area contributed by atoms with Crippen molar-refractivity contribution in [3.05, 3.63) is 83.9 Å². The van der Waals surface area contributed by atoms with Gasteiger partial charge < -0.3 is 0 Å². The van der Waals surface area contributed by atoms with Crippen LogP contribution in [0.15, 0.2) is 67.3 Å². The molecule has 0 N–H and O–H groups in total. The fourth-order valence-corrected chi connectivity index (χ4v) is 2.79. The van der Waals surface area contributed by atoms with Gasteiger partial charge in [0.25, 0.3) is 0 Å². The summed E-state index contributed by atoms with van der Waals surface area (Å²) in [4.78, 5) is 36.4. The maximum Gasteiger partial charge on any atom is 0.174 e. The summed E-state index contributed by atoms with van der Waals surface area (Å²) in [5.41, 5.74) is 1.89. The van der Waals surface area contributed by atoms with Gasteiger partial charge in [0.05, 0.1) is 5.92 Å². The Kier molecular flexibility index (Phi) is 5.59. The van der Waals surface area contributed by atoms with Gasteiger partial charge in [-0.25, -0.2) is 0 Å². The van der Waals surface area contributed by atoms with E-state index in [9.17, 15) is 14.4 Å². The number of ketones is 3. The number of hydrogen-bond acceptors (Lipinski definition) is 3. The Morgan fingerprint density at radius 3 is 1.92 bits per heavy atom. The van der Waals surface area contributed by atoms with Gasteiger partial charge in [-0.3, -0.25) is 14.4 Å². The van der Waals surface area contributed by atoms with Crippen molar-refractivity contribution in [3.63, 3.8) is 0 Å². The van der Waals surface area contributed by atoms with Gasteiger partial charge in [0.15, 0.2) is 11.6 Å². The molecular formula is C21H20O3. The second-order valence-corrected chi connectivity index (χ2v) is 5.76. The summed E-state index contributed by atoms with van der Waals surface area (Å²) in [7, 11) is 0. The molecule has 24 heavy (non-hydrogen) atoms. The quantitative estimate of drug-likeness (QED) is 0.435. The maximum atomic E-state index is 12.8. The van der Waals surface area contributed by atoms with Crippen LogP contribution >= 0.6 is 0 Å². The third kappa shape index (κ3) is 3.74. The van der Waals surface area contributed by atoms with Gasteiger partial charge in [-0.1, -0.05) is 60.7 Å². The molecule has 0 heterocycles. The number of carbonyl (C=O) groups excluding carboxylic acids is 3. The summed E-state index contributed by atoms with van der Waals surface area (Å²) in [5.74, 6) is -1.71. The molecule has 2 atom stereocenters. The van der Waals surface area contributed by atoms with Gasteiger partial charge in [-0.05, 0) is 19.4 Å². The molecule has 0 amide bonds. The van der Waals surface area contributed by atoms with Crippen molar-refractivity contribution in [2.45, 2.75) is 19.8 Å². The van der Waals surface area contributed by atoms with E-state index in [0.29, 0.717) is 11.1 Å². The molecule has 0 fully saturated rings. The number of allylic oxidation sites excluding steroid dienone is 1. The van der Waals surface area contributed by atoms with Gasteiger partial charge in [0, 0.05) is 17.0 Å². The Morgan fingerprint density at radius 2 is 1.46 bits per heavy atom. The summed E-state index contributed by atoms with van der Waals surface area (Å²) in [6.07, 6.45) is 1.62. The van der Waals surface area contributed by atoms with E-state index in [1.165, 1.54) is 13.8 Å². The molecule has 2 aromatic carbocycles. The molecule has 122 valence electrons. The van der Waals surface area contributed by atoms with Crippen molar-refractivity contribution in [1.29, 1.82) is 0 Å². The molecule has 0 saturated heterocycles. The minimum absolute atomic E-state index is 0.0276. The van der Waals surface area contributed by atoms with E-state index in [1.807, 2.05) is 6.07 Å². The van der Waals surface area contributed by atoms with Gasteiger partial charge in [0.2, 0.25) is 0 Å². The number of rotatable bonds is 7. The summed E-state index contributed by atoms with van der Waals surface area (Å²) < 4.78 is 0. The summed E-state index contributed by atoms with van der Waals surface area (Å²) in [5, 5.41) is 0. The van der Waals surface area contributed by atoms with Crippen LogP contribution in [-0.4, -0.2) is 17.3 Å². The summed E-state index contributed by atoms with van der Waals surface area (Å²) >= 11 is 0. The Labute approximate surface area is 142 Å². The molecule has 0 aromatic heterocycles. The molecule has 0 aliphatic heterocycles. The monoisotopic (exact) mass is 320 g/mol. The Balaban J connectivity index is 2.40. The molecular weight excluding hydrogens is 300 g/mol. The van der Waals surface area contributed by atoms with Crippen molar-refractivity contribution < 1.29 is 14.4 Å². The predicted molar refractivity (Wildman–Crippen MR) is 94.3 cm³/mol. The first-order chi connectivity index (χ1) is 11.5. The van der Waals surface area contributed by atoms with E-state index < -0.39 is 11.8 Å². The summed E-state index contributed by atoms with van der Waals surface area (Å²) in [6.45, 7) is 6.72. The van der Waals surface area contributed by atoms with Gasteiger partial charge in [-0.15, -0.1) is 6.58 Å². The van der Waals surface area contributed by atoms with E-state index in [4.69, 9.17) is 0 Å². The predicted octanol–water partition coefficient (Wildman–Crippen LogP) is 4.25. The zero-order valence-electron chi connectivity index (χ0n) is 13.9. The van der Waals surface area contributed by atoms with Crippen LogP contribution in [0, 0.1) is 5.92 Å². The van der Waals surface area contributed by atoms with Crippen molar-refractivity contribution >= 4 is 17.3 Å². The topological polar surface area (TPSA) is 51.2 Å². The lowest BCUT2D eigenvalue weighted by Crippen LogP contribution is -2.28. The second kappa shape index (κ2) is 7.64. The zero-order chi connectivity index (χ0) is 17.7. The largest absolute Gasteiger partial charge is 0.299 e. The first-order valence-corrected chi connectivity index (χ1v) is 7.79. The SMILES string of the molecule is C=C[C@H](c1ccc(C(C)=O)cc1)[C@H](C(C)=O)C(=O)c1ccccc1. The first-order valence-electron chi connectivity index (χ1n) is 7.79. The molecule has 0 unspecified atom stereocenters. The Hall–Kier alpha value is -2.81. The molecule has 3 heteroatoms. The van der Waals surface area contributed by atoms with Crippen molar-refractivity contribution in [2.24, 2.45) is 5.92 Å². The van der Waals surface area contributed by atoms with Crippen LogP contribution in [0.1, 0.15) is 46.0 Å². The Bertz CT molecular complexity index is 757. The number of hydrogen-bond donors (Lipinski definition) is 0. The smallest absolute Gasteiger partial charge is 0.174 e. The minimum atomic E-state index is -0.826. The highest BCUT2D eigenvalue weighted by atomic mass is 16.2. The van der Waals surface area contributed by atoms with Gasteiger partial charge in [0.1, 0.15) is 5.78 Å². The van der Waals surface area contributed by atoms with E-state index in [0.717, 1.165) is 5.56 Å². The van der Waals surface area contributed by atoms with Crippen LogP contribution < -0.4 is 0 Å².